The molecular formula is C14H16ClNO4. The molecule has 0 fully saturated rings. The first-order chi connectivity index (χ1) is 9.43. The molecular weight excluding hydrogens is 282 g/mol. The van der Waals surface area contributed by atoms with Gasteiger partial charge in [0.05, 0.1) is 5.02 Å². The number of hydrogen-bond donors (Lipinski definition) is 2. The Morgan fingerprint density at radius 3 is 2.75 bits per heavy atom. The van der Waals surface area contributed by atoms with Crippen LogP contribution < -0.4 is 10.1 Å². The van der Waals surface area contributed by atoms with Gasteiger partial charge in [0.25, 0.3) is 5.91 Å². The van der Waals surface area contributed by atoms with Crippen molar-refractivity contribution in [3.05, 3.63) is 34.9 Å². The lowest BCUT2D eigenvalue weighted by atomic mass is 10.2. The van der Waals surface area contributed by atoms with Crippen LogP contribution in [0.2, 0.25) is 5.02 Å². The predicted octanol–water partition coefficient (Wildman–Crippen LogP) is 2.34. The Morgan fingerprint density at radius 2 is 2.20 bits per heavy atom. The van der Waals surface area contributed by atoms with Crippen molar-refractivity contribution in [1.82, 2.24) is 5.32 Å². The number of nitrogens with one attached hydrogen (secondary N) is 1. The third-order valence-corrected chi connectivity index (χ3v) is 2.69. The minimum atomic E-state index is -1.04. The fourth-order valence-corrected chi connectivity index (χ4v) is 1.68. The van der Waals surface area contributed by atoms with Crippen LogP contribution in [-0.2, 0) is 9.59 Å². The zero-order chi connectivity index (χ0) is 15.1. The highest BCUT2D eigenvalue weighted by atomic mass is 35.5. The molecule has 0 saturated carbocycles. The first kappa shape index (κ1) is 16.0. The first-order valence-corrected chi connectivity index (χ1v) is 6.46. The van der Waals surface area contributed by atoms with E-state index in [2.05, 4.69) is 5.32 Å². The summed E-state index contributed by atoms with van der Waals surface area (Å²) < 4.78 is 5.46. The molecule has 0 aliphatic heterocycles. The topological polar surface area (TPSA) is 75.6 Å². The first-order valence-electron chi connectivity index (χ1n) is 6.09. The molecule has 0 saturated heterocycles. The number of halogens is 1. The summed E-state index contributed by atoms with van der Waals surface area (Å²) in [5.41, 5.74) is 0.635. The second kappa shape index (κ2) is 7.55. The molecule has 0 aliphatic carbocycles. The molecule has 108 valence electrons. The number of carboxylic acids is 1. The summed E-state index contributed by atoms with van der Waals surface area (Å²) in [5, 5.41) is 11.5. The Bertz CT molecular complexity index is 528. The van der Waals surface area contributed by atoms with Gasteiger partial charge >= 0.3 is 5.97 Å². The number of likely N-dealkylation sites (N-methyl/N-ethyl adjacent to an activating group) is 1. The van der Waals surface area contributed by atoms with Crippen molar-refractivity contribution < 1.29 is 19.4 Å². The van der Waals surface area contributed by atoms with E-state index >= 15 is 0 Å². The Labute approximate surface area is 122 Å². The summed E-state index contributed by atoms with van der Waals surface area (Å²) in [5.74, 6) is -0.886. The van der Waals surface area contributed by atoms with Gasteiger partial charge in [0, 0.05) is 12.6 Å². The van der Waals surface area contributed by atoms with E-state index in [1.165, 1.54) is 6.08 Å². The minimum absolute atomic E-state index is 0.224. The third-order valence-electron chi connectivity index (χ3n) is 2.40. The number of amides is 1. The minimum Gasteiger partial charge on any atom is -0.479 e. The zero-order valence-electron chi connectivity index (χ0n) is 11.2. The molecule has 1 rings (SSSR count). The molecule has 0 aliphatic rings. The van der Waals surface area contributed by atoms with Crippen LogP contribution in [0.4, 0.5) is 0 Å². The van der Waals surface area contributed by atoms with E-state index in [0.717, 1.165) is 6.08 Å². The van der Waals surface area contributed by atoms with Crippen LogP contribution >= 0.6 is 11.6 Å². The number of ether oxygens (including phenoxy) is 1. The number of benzene rings is 1. The van der Waals surface area contributed by atoms with E-state index < -0.39 is 12.1 Å². The normalized spacial score (nSPS) is 12.2. The lowest BCUT2D eigenvalue weighted by molar-refractivity contribution is -0.131. The Morgan fingerprint density at radius 1 is 1.50 bits per heavy atom. The SMILES string of the molecule is CCNC(=O)C(C)Oc1ccc(C=CC(=O)O)cc1Cl. The quantitative estimate of drug-likeness (QED) is 0.790. The molecule has 2 N–H and O–H groups in total. The van der Waals surface area contributed by atoms with Gasteiger partial charge < -0.3 is 15.2 Å². The second-order valence-electron chi connectivity index (χ2n) is 4.02. The Balaban J connectivity index is 2.78. The highest BCUT2D eigenvalue weighted by molar-refractivity contribution is 6.32. The molecule has 1 aromatic carbocycles. The molecule has 1 atom stereocenters. The standard InChI is InChI=1S/C14H16ClNO4/c1-3-16-14(19)9(2)20-12-6-4-10(8-11(12)15)5-7-13(17)18/h4-9H,3H2,1-2H3,(H,16,19)(H,17,18). The average molecular weight is 298 g/mol. The van der Waals surface area contributed by atoms with Crippen molar-refractivity contribution in [2.75, 3.05) is 6.54 Å². The van der Waals surface area contributed by atoms with Gasteiger partial charge in [-0.25, -0.2) is 4.79 Å². The van der Waals surface area contributed by atoms with E-state index in [1.807, 2.05) is 6.92 Å². The molecule has 20 heavy (non-hydrogen) atoms. The number of carbonyl (C=O) groups excluding carboxylic acids is 1. The fourth-order valence-electron chi connectivity index (χ4n) is 1.45. The van der Waals surface area contributed by atoms with E-state index in [1.54, 1.807) is 25.1 Å². The van der Waals surface area contributed by atoms with Crippen LogP contribution in [0.15, 0.2) is 24.3 Å². The maximum Gasteiger partial charge on any atom is 0.328 e. The summed E-state index contributed by atoms with van der Waals surface area (Å²) >= 11 is 6.03. The van der Waals surface area contributed by atoms with Crippen LogP contribution in [0.5, 0.6) is 5.75 Å². The number of aliphatic carboxylic acids is 1. The summed E-state index contributed by atoms with van der Waals surface area (Å²) in [4.78, 5) is 22.0. The number of carbonyl (C=O) groups is 2. The monoisotopic (exact) mass is 297 g/mol. The fraction of sp³-hybridized carbons (Fsp3) is 0.286. The lowest BCUT2D eigenvalue weighted by Gasteiger charge is -2.15. The number of rotatable bonds is 6. The van der Waals surface area contributed by atoms with Gasteiger partial charge in [0.15, 0.2) is 6.10 Å². The van der Waals surface area contributed by atoms with Crippen LogP contribution in [-0.4, -0.2) is 29.6 Å². The molecule has 1 amide bonds. The molecule has 6 heteroatoms. The highest BCUT2D eigenvalue weighted by Gasteiger charge is 2.15. The van der Waals surface area contributed by atoms with Gasteiger partial charge in [-0.05, 0) is 37.6 Å². The van der Waals surface area contributed by atoms with E-state index in [4.69, 9.17) is 21.4 Å². The molecule has 0 radical (unpaired) electrons. The highest BCUT2D eigenvalue weighted by Crippen LogP contribution is 2.27. The van der Waals surface area contributed by atoms with E-state index in [0.29, 0.717) is 22.9 Å². The van der Waals surface area contributed by atoms with Crippen molar-refractivity contribution in [2.24, 2.45) is 0 Å². The summed E-state index contributed by atoms with van der Waals surface area (Å²) in [6, 6.07) is 4.82. The van der Waals surface area contributed by atoms with Crippen LogP contribution in [0, 0.1) is 0 Å². The Hall–Kier alpha value is -2.01. The van der Waals surface area contributed by atoms with Crippen molar-refractivity contribution in [3.8, 4) is 5.75 Å². The Kier molecular flexibility index (Phi) is 6.06. The van der Waals surface area contributed by atoms with Crippen LogP contribution in [0.25, 0.3) is 6.08 Å². The van der Waals surface area contributed by atoms with E-state index in [9.17, 15) is 9.59 Å². The molecule has 5 nitrogen and oxygen atoms in total. The van der Waals surface area contributed by atoms with Gasteiger partial charge in [-0.2, -0.15) is 0 Å². The molecule has 0 aromatic heterocycles. The molecule has 1 unspecified atom stereocenters. The average Bonchev–Trinajstić information content (AvgIpc) is 2.39. The molecule has 0 spiro atoms. The van der Waals surface area contributed by atoms with Crippen molar-refractivity contribution in [2.45, 2.75) is 20.0 Å². The van der Waals surface area contributed by atoms with Crippen molar-refractivity contribution >= 4 is 29.6 Å². The lowest BCUT2D eigenvalue weighted by Crippen LogP contribution is -2.36. The molecule has 1 aromatic rings. The third kappa shape index (κ3) is 4.93. The van der Waals surface area contributed by atoms with Gasteiger partial charge in [-0.15, -0.1) is 0 Å². The van der Waals surface area contributed by atoms with Crippen molar-refractivity contribution in [3.63, 3.8) is 0 Å². The number of carboxylic acid groups (broad SMARTS) is 1. The summed E-state index contributed by atoms with van der Waals surface area (Å²) in [7, 11) is 0. The van der Waals surface area contributed by atoms with Gasteiger partial charge in [0.1, 0.15) is 5.75 Å². The number of hydrogen-bond acceptors (Lipinski definition) is 3. The molecule has 0 heterocycles. The van der Waals surface area contributed by atoms with Crippen LogP contribution in [0.1, 0.15) is 19.4 Å². The zero-order valence-corrected chi connectivity index (χ0v) is 12.0. The predicted molar refractivity (Wildman–Crippen MR) is 76.9 cm³/mol. The van der Waals surface area contributed by atoms with Gasteiger partial charge in [-0.3, -0.25) is 4.79 Å². The van der Waals surface area contributed by atoms with Crippen LogP contribution in [0.3, 0.4) is 0 Å². The van der Waals surface area contributed by atoms with E-state index in [-0.39, 0.29) is 5.91 Å². The summed E-state index contributed by atoms with van der Waals surface area (Å²) in [6.45, 7) is 3.97. The summed E-state index contributed by atoms with van der Waals surface area (Å²) in [6.07, 6.45) is 1.78. The maximum absolute atomic E-state index is 11.5. The maximum atomic E-state index is 11.5. The largest absolute Gasteiger partial charge is 0.479 e. The van der Waals surface area contributed by atoms with Crippen molar-refractivity contribution in [1.29, 1.82) is 0 Å². The van der Waals surface area contributed by atoms with Gasteiger partial charge in [0.2, 0.25) is 0 Å². The molecule has 0 bridgehead atoms. The second-order valence-corrected chi connectivity index (χ2v) is 4.42. The smallest absolute Gasteiger partial charge is 0.328 e. The van der Waals surface area contributed by atoms with Gasteiger partial charge in [-0.1, -0.05) is 17.7 Å².